The molecule has 124 valence electrons. The van der Waals surface area contributed by atoms with Gasteiger partial charge in [-0.05, 0) is 19.3 Å². The molecule has 4 rings (SSSR count). The van der Waals surface area contributed by atoms with Crippen molar-refractivity contribution < 1.29 is 23.7 Å². The number of rotatable bonds is 3. The molecule has 2 fully saturated rings. The van der Waals surface area contributed by atoms with Gasteiger partial charge in [0.2, 0.25) is 0 Å². The predicted molar refractivity (Wildman–Crippen MR) is 81.0 cm³/mol. The molecule has 3 aliphatic heterocycles. The molecule has 0 saturated carbocycles. The lowest BCUT2D eigenvalue weighted by atomic mass is 10.2. The highest BCUT2D eigenvalue weighted by atomic mass is 16.7. The zero-order valence-electron chi connectivity index (χ0n) is 13.1. The van der Waals surface area contributed by atoms with Crippen LogP contribution >= 0.6 is 0 Å². The van der Waals surface area contributed by atoms with Crippen molar-refractivity contribution in [3.05, 3.63) is 34.9 Å². The first-order chi connectivity index (χ1) is 11.3. The van der Waals surface area contributed by atoms with Crippen molar-refractivity contribution in [3.63, 3.8) is 0 Å². The third kappa shape index (κ3) is 3.01. The minimum absolute atomic E-state index is 0.219. The summed E-state index contributed by atoms with van der Waals surface area (Å²) in [6, 6.07) is 0. The van der Waals surface area contributed by atoms with E-state index in [4.69, 9.17) is 18.9 Å². The second kappa shape index (κ2) is 6.37. The molecule has 6 nitrogen and oxygen atoms in total. The van der Waals surface area contributed by atoms with E-state index >= 15 is 0 Å². The molecule has 2 saturated heterocycles. The summed E-state index contributed by atoms with van der Waals surface area (Å²) in [7, 11) is 0. The zero-order chi connectivity index (χ0) is 15.6. The Bertz CT molecular complexity index is 578. The van der Waals surface area contributed by atoms with Crippen LogP contribution in [0.4, 0.5) is 0 Å². The average molecular weight is 319 g/mol. The first-order valence-electron chi connectivity index (χ1n) is 8.32. The number of ether oxygens (including phenoxy) is 4. The van der Waals surface area contributed by atoms with Gasteiger partial charge in [0.05, 0.1) is 24.5 Å². The summed E-state index contributed by atoms with van der Waals surface area (Å²) in [5.74, 6) is 1.01. The van der Waals surface area contributed by atoms with Gasteiger partial charge in [0.25, 0.3) is 0 Å². The lowest BCUT2D eigenvalue weighted by molar-refractivity contribution is -0.137. The van der Waals surface area contributed by atoms with Crippen LogP contribution in [0.15, 0.2) is 34.9 Å². The molecule has 4 aliphatic rings. The van der Waals surface area contributed by atoms with E-state index in [2.05, 4.69) is 4.90 Å². The maximum atomic E-state index is 11.6. The van der Waals surface area contributed by atoms with Crippen LogP contribution in [-0.4, -0.2) is 50.1 Å². The molecule has 6 heteroatoms. The number of nitrogens with zero attached hydrogens (tertiary/aromatic N) is 1. The quantitative estimate of drug-likeness (QED) is 0.740. The van der Waals surface area contributed by atoms with Gasteiger partial charge >= 0.3 is 5.97 Å². The second-order valence-electron chi connectivity index (χ2n) is 6.07. The molecular weight excluding hydrogens is 298 g/mol. The number of hydrogen-bond acceptors (Lipinski definition) is 6. The van der Waals surface area contributed by atoms with Gasteiger partial charge in [-0.1, -0.05) is 0 Å². The highest BCUT2D eigenvalue weighted by molar-refractivity contribution is 5.91. The Balaban J connectivity index is 1.61. The van der Waals surface area contributed by atoms with Crippen molar-refractivity contribution in [2.75, 3.05) is 32.9 Å². The van der Waals surface area contributed by atoms with E-state index in [0.29, 0.717) is 12.4 Å². The summed E-state index contributed by atoms with van der Waals surface area (Å²) in [5.41, 5.74) is 1.76. The molecule has 0 aromatic carbocycles. The van der Waals surface area contributed by atoms with Crippen LogP contribution in [-0.2, 0) is 23.7 Å². The van der Waals surface area contributed by atoms with E-state index in [1.54, 1.807) is 6.08 Å². The third-order valence-corrected chi connectivity index (χ3v) is 4.42. The summed E-state index contributed by atoms with van der Waals surface area (Å²) in [6.07, 6.45) is 7.18. The minimum atomic E-state index is -0.317. The van der Waals surface area contributed by atoms with E-state index in [1.165, 1.54) is 0 Å². The van der Waals surface area contributed by atoms with Gasteiger partial charge < -0.3 is 23.8 Å². The van der Waals surface area contributed by atoms with Gasteiger partial charge in [0.1, 0.15) is 5.76 Å². The highest BCUT2D eigenvalue weighted by Gasteiger charge is 2.36. The molecule has 1 unspecified atom stereocenters. The number of esters is 1. The smallest absolute Gasteiger partial charge is 0.337 e. The molecule has 0 bridgehead atoms. The Hall–Kier alpha value is -1.79. The highest BCUT2D eigenvalue weighted by Crippen LogP contribution is 2.39. The predicted octanol–water partition coefficient (Wildman–Crippen LogP) is 1.84. The fraction of sp³-hybridized carbons (Fsp3) is 0.588. The van der Waals surface area contributed by atoms with Crippen LogP contribution in [0, 0.1) is 0 Å². The molecule has 23 heavy (non-hydrogen) atoms. The average Bonchev–Trinajstić information content (AvgIpc) is 2.92. The Labute approximate surface area is 135 Å². The Morgan fingerprint density at radius 3 is 2.91 bits per heavy atom. The third-order valence-electron chi connectivity index (χ3n) is 4.42. The lowest BCUT2D eigenvalue weighted by Gasteiger charge is -2.28. The topological polar surface area (TPSA) is 57.2 Å². The van der Waals surface area contributed by atoms with E-state index in [1.807, 2.05) is 6.08 Å². The number of fused-ring (bicyclic) bond motifs is 1. The van der Waals surface area contributed by atoms with Gasteiger partial charge in [0, 0.05) is 38.3 Å². The van der Waals surface area contributed by atoms with Crippen molar-refractivity contribution in [1.82, 2.24) is 4.90 Å². The van der Waals surface area contributed by atoms with E-state index in [0.717, 1.165) is 69.0 Å². The fourth-order valence-corrected chi connectivity index (χ4v) is 3.33. The van der Waals surface area contributed by atoms with Crippen LogP contribution in [0.2, 0.25) is 0 Å². The molecule has 0 N–H and O–H groups in total. The fourth-order valence-electron chi connectivity index (χ4n) is 3.33. The first kappa shape index (κ1) is 14.8. The normalized spacial score (nSPS) is 28.1. The van der Waals surface area contributed by atoms with Crippen molar-refractivity contribution in [2.24, 2.45) is 0 Å². The Kier molecular flexibility index (Phi) is 4.10. The number of carbonyl (C=O) groups excluding carboxylic acids is 1. The van der Waals surface area contributed by atoms with Crippen molar-refractivity contribution >= 4 is 5.97 Å². The van der Waals surface area contributed by atoms with Crippen LogP contribution in [0.3, 0.4) is 0 Å². The Morgan fingerprint density at radius 1 is 1.09 bits per heavy atom. The van der Waals surface area contributed by atoms with E-state index < -0.39 is 0 Å². The summed E-state index contributed by atoms with van der Waals surface area (Å²) >= 11 is 0. The molecule has 0 amide bonds. The van der Waals surface area contributed by atoms with Crippen LogP contribution in [0.25, 0.3) is 0 Å². The maximum Gasteiger partial charge on any atom is 0.337 e. The lowest BCUT2D eigenvalue weighted by Crippen LogP contribution is -2.28. The molecule has 0 radical (unpaired) electrons. The summed E-state index contributed by atoms with van der Waals surface area (Å²) in [6.45, 7) is 3.83. The number of hydrogen-bond donors (Lipinski definition) is 0. The molecule has 1 aliphatic carbocycles. The summed E-state index contributed by atoms with van der Waals surface area (Å²) < 4.78 is 22.6. The standard InChI is InChI=1S/C17H21NO5/c19-15-10-12-13(22-15)11-14(23-16-4-1-2-8-21-16)17(12)18-5-3-7-20-9-6-18/h10-11,16H,1-9H2. The maximum absolute atomic E-state index is 11.6. The Morgan fingerprint density at radius 2 is 2.04 bits per heavy atom. The summed E-state index contributed by atoms with van der Waals surface area (Å²) in [5, 5.41) is 0. The molecule has 1 atom stereocenters. The van der Waals surface area contributed by atoms with Crippen LogP contribution < -0.4 is 0 Å². The monoisotopic (exact) mass is 319 g/mol. The van der Waals surface area contributed by atoms with Crippen molar-refractivity contribution in [3.8, 4) is 0 Å². The molecule has 3 heterocycles. The van der Waals surface area contributed by atoms with Crippen LogP contribution in [0.5, 0.6) is 0 Å². The van der Waals surface area contributed by atoms with E-state index in [-0.39, 0.29) is 12.3 Å². The van der Waals surface area contributed by atoms with Crippen molar-refractivity contribution in [1.29, 1.82) is 0 Å². The number of allylic oxidation sites excluding steroid dienone is 1. The van der Waals surface area contributed by atoms with Gasteiger partial charge in [-0.25, -0.2) is 4.79 Å². The zero-order valence-corrected chi connectivity index (χ0v) is 13.1. The largest absolute Gasteiger partial charge is 0.463 e. The number of carbonyl (C=O) groups is 1. The molecular formula is C17H21NO5. The molecule has 0 aromatic heterocycles. The van der Waals surface area contributed by atoms with Crippen molar-refractivity contribution in [2.45, 2.75) is 32.0 Å². The van der Waals surface area contributed by atoms with Gasteiger partial charge in [-0.15, -0.1) is 0 Å². The van der Waals surface area contributed by atoms with Crippen LogP contribution in [0.1, 0.15) is 25.7 Å². The van der Waals surface area contributed by atoms with Gasteiger partial charge in [-0.3, -0.25) is 0 Å². The minimum Gasteiger partial charge on any atom is -0.463 e. The molecule has 0 spiro atoms. The van der Waals surface area contributed by atoms with E-state index in [9.17, 15) is 4.79 Å². The SMILES string of the molecule is O=C1C=C2C(=CC(OC3CCCCO3)=C2N2CCCOCC2)O1. The summed E-state index contributed by atoms with van der Waals surface area (Å²) in [4.78, 5) is 13.8. The molecule has 0 aromatic rings. The van der Waals surface area contributed by atoms with Gasteiger partial charge in [-0.2, -0.15) is 0 Å². The second-order valence-corrected chi connectivity index (χ2v) is 6.07. The first-order valence-corrected chi connectivity index (χ1v) is 8.32. The van der Waals surface area contributed by atoms with Gasteiger partial charge in [0.15, 0.2) is 12.0 Å².